The molecule has 1 aliphatic heterocycles. The summed E-state index contributed by atoms with van der Waals surface area (Å²) in [6.45, 7) is 6.55. The number of nitrogens with zero attached hydrogens (tertiary/aromatic N) is 1. The molecule has 1 aliphatic rings. The van der Waals surface area contributed by atoms with Gasteiger partial charge in [-0.05, 0) is 48.1 Å². The number of hydrogen-bond donors (Lipinski definition) is 2. The molecule has 0 saturated carbocycles. The second-order valence-corrected chi connectivity index (χ2v) is 8.48. The van der Waals surface area contributed by atoms with E-state index in [1.165, 1.54) is 5.56 Å². The van der Waals surface area contributed by atoms with Crippen molar-refractivity contribution in [2.45, 2.75) is 45.7 Å². The molecule has 3 N–H and O–H groups in total. The first-order valence-electron chi connectivity index (χ1n) is 9.80. The van der Waals surface area contributed by atoms with Crippen molar-refractivity contribution in [3.63, 3.8) is 0 Å². The number of likely N-dealkylation sites (tertiary alicyclic amines) is 1. The highest BCUT2D eigenvalue weighted by molar-refractivity contribution is 5.97. The van der Waals surface area contributed by atoms with Gasteiger partial charge in [0.05, 0.1) is 12.1 Å². The van der Waals surface area contributed by atoms with Crippen LogP contribution in [0.25, 0.3) is 0 Å². The first-order valence-corrected chi connectivity index (χ1v) is 9.80. The van der Waals surface area contributed by atoms with Gasteiger partial charge in [-0.15, -0.1) is 12.4 Å². The molecule has 5 nitrogen and oxygen atoms in total. The fraction of sp³-hybridized carbons (Fsp3) is 0.391. The van der Waals surface area contributed by atoms with Crippen molar-refractivity contribution in [1.29, 1.82) is 0 Å². The summed E-state index contributed by atoms with van der Waals surface area (Å²) < 4.78 is 0. The Morgan fingerprint density at radius 1 is 1.07 bits per heavy atom. The highest BCUT2D eigenvalue weighted by Crippen LogP contribution is 2.33. The van der Waals surface area contributed by atoms with Crippen LogP contribution < -0.4 is 11.1 Å². The van der Waals surface area contributed by atoms with E-state index in [4.69, 9.17) is 5.73 Å². The van der Waals surface area contributed by atoms with Crippen LogP contribution >= 0.6 is 12.4 Å². The highest BCUT2D eigenvalue weighted by atomic mass is 35.5. The first-order chi connectivity index (χ1) is 13.3. The number of anilines is 1. The Morgan fingerprint density at radius 2 is 1.69 bits per heavy atom. The van der Waals surface area contributed by atoms with E-state index in [0.29, 0.717) is 11.3 Å². The molecule has 1 saturated heterocycles. The molecule has 156 valence electrons. The number of carbonyl (C=O) groups is 2. The van der Waals surface area contributed by atoms with E-state index in [0.717, 1.165) is 19.4 Å². The summed E-state index contributed by atoms with van der Waals surface area (Å²) in [5, 5.41) is 2.83. The molecular weight excluding hydrogens is 386 g/mol. The molecule has 0 aliphatic carbocycles. The highest BCUT2D eigenvalue weighted by Gasteiger charge is 2.30. The first kappa shape index (κ1) is 22.9. The van der Waals surface area contributed by atoms with Crippen molar-refractivity contribution < 1.29 is 9.59 Å². The molecule has 29 heavy (non-hydrogen) atoms. The largest absolute Gasteiger partial charge is 0.332 e. The lowest BCUT2D eigenvalue weighted by Gasteiger charge is -2.26. The second kappa shape index (κ2) is 9.42. The Bertz CT molecular complexity index is 831. The van der Waals surface area contributed by atoms with Gasteiger partial charge >= 0.3 is 0 Å². The lowest BCUT2D eigenvalue weighted by molar-refractivity contribution is -0.119. The third kappa shape index (κ3) is 5.37. The average molecular weight is 416 g/mol. The van der Waals surface area contributed by atoms with E-state index in [1.807, 2.05) is 43.9 Å². The summed E-state index contributed by atoms with van der Waals surface area (Å²) in [6.07, 6.45) is 1.98. The molecule has 2 amide bonds. The van der Waals surface area contributed by atoms with E-state index in [2.05, 4.69) is 17.4 Å². The molecule has 0 aromatic heterocycles. The van der Waals surface area contributed by atoms with Crippen molar-refractivity contribution >= 4 is 29.9 Å². The van der Waals surface area contributed by atoms with E-state index in [-0.39, 0.29) is 35.7 Å². The monoisotopic (exact) mass is 415 g/mol. The van der Waals surface area contributed by atoms with Crippen LogP contribution in [0.1, 0.15) is 55.6 Å². The van der Waals surface area contributed by atoms with Crippen molar-refractivity contribution in [2.24, 2.45) is 11.1 Å². The molecule has 0 radical (unpaired) electrons. The molecule has 2 atom stereocenters. The third-order valence-electron chi connectivity index (χ3n) is 5.31. The van der Waals surface area contributed by atoms with Crippen LogP contribution in [0, 0.1) is 5.41 Å². The third-order valence-corrected chi connectivity index (χ3v) is 5.31. The van der Waals surface area contributed by atoms with Crippen LogP contribution in [0.5, 0.6) is 0 Å². The maximum absolute atomic E-state index is 13.0. The summed E-state index contributed by atoms with van der Waals surface area (Å²) in [4.78, 5) is 27.2. The molecule has 1 fully saturated rings. The number of amides is 2. The van der Waals surface area contributed by atoms with E-state index in [9.17, 15) is 9.59 Å². The standard InChI is InChI=1S/C23H29N3O2.ClH/c1-23(2,3)20(24)21(27)25-18-13-11-17(12-14-18)22(28)26-15-7-10-19(26)16-8-5-4-6-9-16;/h4-6,8-9,11-14,19-20H,7,10,15,24H2,1-3H3,(H,25,27);1H/t19?,20-;/m1./s1. The van der Waals surface area contributed by atoms with Gasteiger partial charge in [0, 0.05) is 17.8 Å². The van der Waals surface area contributed by atoms with Crippen molar-refractivity contribution in [3.8, 4) is 0 Å². The Balaban J connectivity index is 0.00000300. The van der Waals surface area contributed by atoms with Crippen molar-refractivity contribution in [1.82, 2.24) is 4.90 Å². The molecule has 1 unspecified atom stereocenters. The average Bonchev–Trinajstić information content (AvgIpc) is 3.17. The predicted molar refractivity (Wildman–Crippen MR) is 119 cm³/mol. The number of nitrogens with one attached hydrogen (secondary N) is 1. The summed E-state index contributed by atoms with van der Waals surface area (Å²) in [5.41, 5.74) is 8.12. The maximum atomic E-state index is 13.0. The quantitative estimate of drug-likeness (QED) is 0.777. The fourth-order valence-electron chi connectivity index (χ4n) is 3.51. The fourth-order valence-corrected chi connectivity index (χ4v) is 3.51. The van der Waals surface area contributed by atoms with E-state index < -0.39 is 6.04 Å². The number of rotatable bonds is 4. The van der Waals surface area contributed by atoms with Gasteiger partial charge in [-0.25, -0.2) is 0 Å². The molecule has 3 rings (SSSR count). The lowest BCUT2D eigenvalue weighted by Crippen LogP contribution is -2.45. The molecule has 0 bridgehead atoms. The van der Waals surface area contributed by atoms with Gasteiger partial charge in [-0.2, -0.15) is 0 Å². The van der Waals surface area contributed by atoms with Crippen LogP contribution in [0.2, 0.25) is 0 Å². The van der Waals surface area contributed by atoms with E-state index in [1.54, 1.807) is 24.3 Å². The minimum atomic E-state index is -0.606. The zero-order valence-corrected chi connectivity index (χ0v) is 18.0. The number of halogens is 1. The van der Waals surface area contributed by atoms with Gasteiger partial charge in [0.15, 0.2) is 0 Å². The summed E-state index contributed by atoms with van der Waals surface area (Å²) in [7, 11) is 0. The van der Waals surface area contributed by atoms with Gasteiger partial charge < -0.3 is 16.0 Å². The topological polar surface area (TPSA) is 75.4 Å². The van der Waals surface area contributed by atoms with Gasteiger partial charge in [-0.1, -0.05) is 51.1 Å². The number of nitrogens with two attached hydrogens (primary N) is 1. The molecule has 0 spiro atoms. The van der Waals surface area contributed by atoms with Gasteiger partial charge in [0.1, 0.15) is 0 Å². The van der Waals surface area contributed by atoms with Crippen LogP contribution in [0.3, 0.4) is 0 Å². The van der Waals surface area contributed by atoms with Crippen LogP contribution in [0.15, 0.2) is 54.6 Å². The van der Waals surface area contributed by atoms with Crippen LogP contribution in [-0.2, 0) is 4.79 Å². The minimum Gasteiger partial charge on any atom is -0.332 e. The van der Waals surface area contributed by atoms with Gasteiger partial charge in [0.2, 0.25) is 5.91 Å². The molecule has 2 aromatic carbocycles. The molecular formula is C23H30ClN3O2. The summed E-state index contributed by atoms with van der Waals surface area (Å²) in [6, 6.07) is 16.7. The summed E-state index contributed by atoms with van der Waals surface area (Å²) in [5.74, 6) is -0.203. The van der Waals surface area contributed by atoms with Crippen LogP contribution in [0.4, 0.5) is 5.69 Å². The lowest BCUT2D eigenvalue weighted by atomic mass is 9.87. The second-order valence-electron chi connectivity index (χ2n) is 8.48. The van der Waals surface area contributed by atoms with Crippen molar-refractivity contribution in [3.05, 3.63) is 65.7 Å². The number of hydrogen-bond acceptors (Lipinski definition) is 3. The number of carbonyl (C=O) groups excluding carboxylic acids is 2. The number of benzene rings is 2. The predicted octanol–water partition coefficient (Wildman–Crippen LogP) is 4.40. The Hall–Kier alpha value is -2.37. The zero-order valence-electron chi connectivity index (χ0n) is 17.2. The Labute approximate surface area is 179 Å². The molecule has 1 heterocycles. The minimum absolute atomic E-state index is 0. The normalized spacial score (nSPS) is 17.4. The zero-order chi connectivity index (χ0) is 20.3. The maximum Gasteiger partial charge on any atom is 0.254 e. The Morgan fingerprint density at radius 3 is 2.28 bits per heavy atom. The SMILES string of the molecule is CC(C)(C)[C@H](N)C(=O)Nc1ccc(C(=O)N2CCCC2c2ccccc2)cc1.Cl. The molecule has 2 aromatic rings. The van der Waals surface area contributed by atoms with Crippen LogP contribution in [-0.4, -0.2) is 29.3 Å². The van der Waals surface area contributed by atoms with Gasteiger partial charge in [0.25, 0.3) is 5.91 Å². The molecule has 6 heteroatoms. The van der Waals surface area contributed by atoms with E-state index >= 15 is 0 Å². The Kier molecular flexibility index (Phi) is 7.44. The van der Waals surface area contributed by atoms with Gasteiger partial charge in [-0.3, -0.25) is 9.59 Å². The smallest absolute Gasteiger partial charge is 0.254 e. The van der Waals surface area contributed by atoms with Crippen molar-refractivity contribution in [2.75, 3.05) is 11.9 Å². The summed E-state index contributed by atoms with van der Waals surface area (Å²) >= 11 is 0.